The lowest BCUT2D eigenvalue weighted by atomic mass is 10.00. The van der Waals surface area contributed by atoms with Crippen LogP contribution in [0.15, 0.2) is 12.3 Å². The standard InChI is InChI=1S/C10H12F2N2O4/c1-18-8(15)5-6(9(16)17)4-7-2-3-14(13-7)10(11)12/h2-3,6,10H,4-5H2,1H3,(H,16,17). The summed E-state index contributed by atoms with van der Waals surface area (Å²) in [6, 6.07) is 1.29. The third kappa shape index (κ3) is 3.79. The topological polar surface area (TPSA) is 81.4 Å². The van der Waals surface area contributed by atoms with Gasteiger partial charge in [0.05, 0.1) is 25.1 Å². The van der Waals surface area contributed by atoms with Crippen LogP contribution in [0.1, 0.15) is 18.7 Å². The van der Waals surface area contributed by atoms with Gasteiger partial charge in [-0.05, 0) is 6.07 Å². The van der Waals surface area contributed by atoms with Crippen molar-refractivity contribution in [3.8, 4) is 0 Å². The number of hydrogen-bond donors (Lipinski definition) is 1. The molecule has 6 nitrogen and oxygen atoms in total. The van der Waals surface area contributed by atoms with Crippen LogP contribution >= 0.6 is 0 Å². The van der Waals surface area contributed by atoms with Crippen LogP contribution in [-0.4, -0.2) is 33.9 Å². The van der Waals surface area contributed by atoms with E-state index < -0.39 is 24.4 Å². The van der Waals surface area contributed by atoms with Gasteiger partial charge in [0.15, 0.2) is 0 Å². The van der Waals surface area contributed by atoms with Crippen LogP contribution in [0.25, 0.3) is 0 Å². The second kappa shape index (κ2) is 6.08. The Balaban J connectivity index is 2.70. The highest BCUT2D eigenvalue weighted by atomic mass is 19.3. The van der Waals surface area contributed by atoms with E-state index in [4.69, 9.17) is 5.11 Å². The molecule has 1 aromatic rings. The Morgan fingerprint density at radius 2 is 2.22 bits per heavy atom. The Hall–Kier alpha value is -1.99. The number of methoxy groups -OCH3 is 1. The van der Waals surface area contributed by atoms with Crippen LogP contribution < -0.4 is 0 Å². The smallest absolute Gasteiger partial charge is 0.333 e. The fraction of sp³-hybridized carbons (Fsp3) is 0.500. The van der Waals surface area contributed by atoms with Gasteiger partial charge >= 0.3 is 18.5 Å². The minimum Gasteiger partial charge on any atom is -0.481 e. The number of esters is 1. The maximum Gasteiger partial charge on any atom is 0.333 e. The van der Waals surface area contributed by atoms with Crippen LogP contribution in [0.2, 0.25) is 0 Å². The van der Waals surface area contributed by atoms with Crippen molar-refractivity contribution in [1.82, 2.24) is 9.78 Å². The minimum atomic E-state index is -2.78. The number of ether oxygens (including phenoxy) is 1. The molecular weight excluding hydrogens is 250 g/mol. The SMILES string of the molecule is COC(=O)CC(Cc1ccn(C(F)F)n1)C(=O)O. The summed E-state index contributed by atoms with van der Waals surface area (Å²) in [5.74, 6) is -2.92. The highest BCUT2D eigenvalue weighted by Crippen LogP contribution is 2.14. The molecule has 0 saturated carbocycles. The molecule has 8 heteroatoms. The molecule has 0 bridgehead atoms. The van der Waals surface area contributed by atoms with Crippen molar-refractivity contribution in [1.29, 1.82) is 0 Å². The van der Waals surface area contributed by atoms with Gasteiger partial charge in [0, 0.05) is 12.6 Å². The Labute approximate surface area is 101 Å². The quantitative estimate of drug-likeness (QED) is 0.776. The zero-order valence-corrected chi connectivity index (χ0v) is 9.55. The molecule has 0 amide bonds. The molecule has 0 aromatic carbocycles. The first-order valence-electron chi connectivity index (χ1n) is 5.05. The fourth-order valence-corrected chi connectivity index (χ4v) is 1.38. The van der Waals surface area contributed by atoms with E-state index in [1.54, 1.807) is 0 Å². The molecule has 100 valence electrons. The maximum atomic E-state index is 12.3. The van der Waals surface area contributed by atoms with E-state index in [0.29, 0.717) is 4.68 Å². The number of halogens is 2. The number of nitrogens with zero attached hydrogens (tertiary/aromatic N) is 2. The number of hydrogen-bond acceptors (Lipinski definition) is 4. The predicted molar refractivity (Wildman–Crippen MR) is 54.9 cm³/mol. The first-order valence-corrected chi connectivity index (χ1v) is 5.05. The third-order valence-electron chi connectivity index (χ3n) is 2.31. The average Bonchev–Trinajstić information content (AvgIpc) is 2.76. The largest absolute Gasteiger partial charge is 0.481 e. The molecule has 0 aliphatic carbocycles. The van der Waals surface area contributed by atoms with Gasteiger partial charge in [-0.15, -0.1) is 0 Å². The van der Waals surface area contributed by atoms with E-state index >= 15 is 0 Å². The number of aliphatic carboxylic acids is 1. The van der Waals surface area contributed by atoms with Gasteiger partial charge in [0.2, 0.25) is 0 Å². The summed E-state index contributed by atoms with van der Waals surface area (Å²) in [5.41, 5.74) is 0.187. The molecule has 0 aliphatic rings. The molecule has 0 saturated heterocycles. The van der Waals surface area contributed by atoms with Crippen molar-refractivity contribution in [3.05, 3.63) is 18.0 Å². The molecule has 1 aromatic heterocycles. The van der Waals surface area contributed by atoms with Gasteiger partial charge in [-0.25, -0.2) is 4.68 Å². The lowest BCUT2D eigenvalue weighted by Gasteiger charge is -2.08. The summed E-state index contributed by atoms with van der Waals surface area (Å²) in [6.07, 6.45) is 0.620. The molecule has 18 heavy (non-hydrogen) atoms. The number of aromatic nitrogens is 2. The van der Waals surface area contributed by atoms with Gasteiger partial charge in [-0.3, -0.25) is 9.59 Å². The van der Waals surface area contributed by atoms with Crippen molar-refractivity contribution in [2.45, 2.75) is 19.4 Å². The summed E-state index contributed by atoms with van der Waals surface area (Å²) in [6.45, 7) is -2.78. The molecule has 1 atom stereocenters. The fourth-order valence-electron chi connectivity index (χ4n) is 1.38. The van der Waals surface area contributed by atoms with E-state index in [9.17, 15) is 18.4 Å². The van der Waals surface area contributed by atoms with E-state index in [-0.39, 0.29) is 18.5 Å². The molecule has 0 fully saturated rings. The van der Waals surface area contributed by atoms with E-state index in [1.807, 2.05) is 0 Å². The number of carboxylic acid groups (broad SMARTS) is 1. The highest BCUT2D eigenvalue weighted by Gasteiger charge is 2.23. The van der Waals surface area contributed by atoms with Gasteiger partial charge in [-0.2, -0.15) is 13.9 Å². The summed E-state index contributed by atoms with van der Waals surface area (Å²) in [4.78, 5) is 21.9. The molecule has 1 unspecified atom stereocenters. The zero-order chi connectivity index (χ0) is 13.7. The maximum absolute atomic E-state index is 12.3. The molecule has 0 spiro atoms. The second-order valence-corrected chi connectivity index (χ2v) is 3.58. The van der Waals surface area contributed by atoms with E-state index in [2.05, 4.69) is 9.84 Å². The lowest BCUT2D eigenvalue weighted by Crippen LogP contribution is -2.21. The lowest BCUT2D eigenvalue weighted by molar-refractivity contribution is -0.149. The zero-order valence-electron chi connectivity index (χ0n) is 9.55. The number of carbonyl (C=O) groups is 2. The molecule has 0 aliphatic heterocycles. The summed E-state index contributed by atoms with van der Waals surface area (Å²) < 4.78 is 29.3. The molecule has 1 rings (SSSR count). The summed E-state index contributed by atoms with van der Waals surface area (Å²) in [7, 11) is 1.15. The Kier molecular flexibility index (Phi) is 4.75. The Bertz CT molecular complexity index is 433. The van der Waals surface area contributed by atoms with Crippen molar-refractivity contribution in [2.24, 2.45) is 5.92 Å². The number of rotatable bonds is 6. The number of carbonyl (C=O) groups excluding carboxylic acids is 1. The molecule has 0 radical (unpaired) electrons. The van der Waals surface area contributed by atoms with Crippen LogP contribution in [0.3, 0.4) is 0 Å². The van der Waals surface area contributed by atoms with Crippen LogP contribution in [0.4, 0.5) is 8.78 Å². The number of alkyl halides is 2. The number of carboxylic acids is 1. The van der Waals surface area contributed by atoms with Crippen molar-refractivity contribution in [2.75, 3.05) is 7.11 Å². The minimum absolute atomic E-state index is 0.107. The Morgan fingerprint density at radius 3 is 2.67 bits per heavy atom. The summed E-state index contributed by atoms with van der Waals surface area (Å²) in [5, 5.41) is 12.4. The van der Waals surface area contributed by atoms with Crippen LogP contribution in [-0.2, 0) is 20.7 Å². The molecule has 1 N–H and O–H groups in total. The molecular formula is C10H12F2N2O4. The van der Waals surface area contributed by atoms with Crippen molar-refractivity contribution >= 4 is 11.9 Å². The first kappa shape index (κ1) is 14.1. The predicted octanol–water partition coefficient (Wildman–Crippen LogP) is 1.08. The van der Waals surface area contributed by atoms with Gasteiger partial charge in [0.1, 0.15) is 0 Å². The third-order valence-corrected chi connectivity index (χ3v) is 2.31. The van der Waals surface area contributed by atoms with Crippen molar-refractivity contribution in [3.63, 3.8) is 0 Å². The summed E-state index contributed by atoms with van der Waals surface area (Å²) >= 11 is 0. The molecule has 1 heterocycles. The van der Waals surface area contributed by atoms with Crippen LogP contribution in [0.5, 0.6) is 0 Å². The van der Waals surface area contributed by atoms with Gasteiger partial charge in [-0.1, -0.05) is 0 Å². The van der Waals surface area contributed by atoms with Gasteiger partial charge in [0.25, 0.3) is 0 Å². The highest BCUT2D eigenvalue weighted by molar-refractivity contribution is 5.78. The van der Waals surface area contributed by atoms with E-state index in [1.165, 1.54) is 6.07 Å². The second-order valence-electron chi connectivity index (χ2n) is 3.58. The Morgan fingerprint density at radius 1 is 1.56 bits per heavy atom. The average molecular weight is 262 g/mol. The van der Waals surface area contributed by atoms with Crippen molar-refractivity contribution < 1.29 is 28.2 Å². The van der Waals surface area contributed by atoms with E-state index in [0.717, 1.165) is 13.3 Å². The monoisotopic (exact) mass is 262 g/mol. The normalized spacial score (nSPS) is 12.4. The van der Waals surface area contributed by atoms with Crippen LogP contribution in [0, 0.1) is 5.92 Å². The van der Waals surface area contributed by atoms with Gasteiger partial charge < -0.3 is 9.84 Å². The first-order chi connectivity index (χ1) is 8.43.